The fourth-order valence-corrected chi connectivity index (χ4v) is 2.78. The Balaban J connectivity index is 2.03. The van der Waals surface area contributed by atoms with Crippen LogP contribution in [0.1, 0.15) is 31.4 Å². The van der Waals surface area contributed by atoms with Crippen LogP contribution in [0.2, 0.25) is 5.02 Å². The first-order chi connectivity index (χ1) is 12.9. The molecular weight excluding hydrogens is 364 g/mol. The van der Waals surface area contributed by atoms with Crippen LogP contribution in [0.3, 0.4) is 0 Å². The molecule has 27 heavy (non-hydrogen) atoms. The molecular formula is C21H25ClN2O3. The Hall–Kier alpha value is -2.53. The molecule has 0 aliphatic rings. The Morgan fingerprint density at radius 1 is 1.07 bits per heavy atom. The molecule has 0 fully saturated rings. The second-order valence-electron chi connectivity index (χ2n) is 6.24. The summed E-state index contributed by atoms with van der Waals surface area (Å²) in [7, 11) is 1.61. The molecule has 2 rings (SSSR count). The Bertz CT molecular complexity index is 760. The quantitative estimate of drug-likeness (QED) is 0.748. The van der Waals surface area contributed by atoms with Crippen molar-refractivity contribution in [3.63, 3.8) is 0 Å². The van der Waals surface area contributed by atoms with Crippen LogP contribution in [0.5, 0.6) is 5.75 Å². The summed E-state index contributed by atoms with van der Waals surface area (Å²) in [5.41, 5.74) is 1.89. The summed E-state index contributed by atoms with van der Waals surface area (Å²) in [6.45, 7) is 4.29. The number of rotatable bonds is 8. The van der Waals surface area contributed by atoms with Gasteiger partial charge in [-0.05, 0) is 42.3 Å². The van der Waals surface area contributed by atoms with Gasteiger partial charge in [0, 0.05) is 24.5 Å². The van der Waals surface area contributed by atoms with Crippen LogP contribution in [-0.2, 0) is 22.7 Å². The van der Waals surface area contributed by atoms with E-state index in [-0.39, 0.29) is 11.8 Å². The number of carbonyl (C=O) groups is 2. The summed E-state index contributed by atoms with van der Waals surface area (Å²) < 4.78 is 5.16. The van der Waals surface area contributed by atoms with Gasteiger partial charge in [0.15, 0.2) is 0 Å². The number of carbonyl (C=O) groups excluding carboxylic acids is 2. The van der Waals surface area contributed by atoms with Crippen LogP contribution in [0.25, 0.3) is 0 Å². The van der Waals surface area contributed by atoms with Gasteiger partial charge < -0.3 is 15.0 Å². The summed E-state index contributed by atoms with van der Waals surface area (Å²) in [4.78, 5) is 26.6. The standard InChI is InChI=1S/C21H25ClN2O3/c1-4-20(25)24(14-17-7-11-19(27-3)12-8-17)15(2)21(26)23-13-16-5-9-18(22)10-6-16/h5-12,15H,4,13-14H2,1-3H3,(H,23,26)/t15-/m0/s1. The number of ether oxygens (including phenoxy) is 1. The summed E-state index contributed by atoms with van der Waals surface area (Å²) in [6, 6.07) is 14.2. The van der Waals surface area contributed by atoms with E-state index in [2.05, 4.69) is 5.32 Å². The zero-order valence-electron chi connectivity index (χ0n) is 15.9. The Labute approximate surface area is 165 Å². The van der Waals surface area contributed by atoms with Gasteiger partial charge in [-0.25, -0.2) is 0 Å². The van der Waals surface area contributed by atoms with E-state index in [1.165, 1.54) is 0 Å². The highest BCUT2D eigenvalue weighted by atomic mass is 35.5. The predicted molar refractivity (Wildman–Crippen MR) is 107 cm³/mol. The molecule has 2 aromatic rings. The number of benzene rings is 2. The second kappa shape index (κ2) is 9.97. The SMILES string of the molecule is CCC(=O)N(Cc1ccc(OC)cc1)[C@@H](C)C(=O)NCc1ccc(Cl)cc1. The van der Waals surface area contributed by atoms with Gasteiger partial charge in [0.2, 0.25) is 11.8 Å². The zero-order valence-corrected chi connectivity index (χ0v) is 16.6. The monoisotopic (exact) mass is 388 g/mol. The summed E-state index contributed by atoms with van der Waals surface area (Å²) in [5.74, 6) is 0.487. The molecule has 5 nitrogen and oxygen atoms in total. The summed E-state index contributed by atoms with van der Waals surface area (Å²) >= 11 is 5.87. The van der Waals surface area contributed by atoms with E-state index in [0.29, 0.717) is 24.5 Å². The van der Waals surface area contributed by atoms with E-state index < -0.39 is 6.04 Å². The van der Waals surface area contributed by atoms with E-state index in [1.54, 1.807) is 38.0 Å². The van der Waals surface area contributed by atoms with Gasteiger partial charge in [0.05, 0.1) is 7.11 Å². The lowest BCUT2D eigenvalue weighted by molar-refractivity contribution is -0.140. The number of nitrogens with one attached hydrogen (secondary N) is 1. The van der Waals surface area contributed by atoms with Crippen LogP contribution < -0.4 is 10.1 Å². The predicted octanol–water partition coefficient (Wildman–Crippen LogP) is 3.79. The van der Waals surface area contributed by atoms with Gasteiger partial charge in [0.1, 0.15) is 11.8 Å². The Morgan fingerprint density at radius 2 is 1.67 bits per heavy atom. The lowest BCUT2D eigenvalue weighted by Crippen LogP contribution is -2.47. The maximum atomic E-state index is 12.6. The van der Waals surface area contributed by atoms with E-state index in [1.807, 2.05) is 36.4 Å². The third-order valence-corrected chi connectivity index (χ3v) is 4.61. The molecule has 0 aliphatic carbocycles. The minimum absolute atomic E-state index is 0.0695. The fraction of sp³-hybridized carbons (Fsp3) is 0.333. The normalized spacial score (nSPS) is 11.6. The molecule has 2 aromatic carbocycles. The van der Waals surface area contributed by atoms with Gasteiger partial charge in [-0.15, -0.1) is 0 Å². The number of amides is 2. The van der Waals surface area contributed by atoms with Crippen molar-refractivity contribution in [1.29, 1.82) is 0 Å². The summed E-state index contributed by atoms with van der Waals surface area (Å²) in [6.07, 6.45) is 0.338. The third kappa shape index (κ3) is 6.00. The first-order valence-corrected chi connectivity index (χ1v) is 9.27. The molecule has 0 saturated heterocycles. The lowest BCUT2D eigenvalue weighted by atomic mass is 10.1. The zero-order chi connectivity index (χ0) is 19.8. The first-order valence-electron chi connectivity index (χ1n) is 8.89. The van der Waals surface area contributed by atoms with Crippen LogP contribution in [0.4, 0.5) is 0 Å². The van der Waals surface area contributed by atoms with Gasteiger partial charge in [-0.1, -0.05) is 42.8 Å². The van der Waals surface area contributed by atoms with Crippen LogP contribution in [0, 0.1) is 0 Å². The molecule has 144 valence electrons. The van der Waals surface area contributed by atoms with Crippen molar-refractivity contribution in [2.75, 3.05) is 7.11 Å². The van der Waals surface area contributed by atoms with Gasteiger partial charge >= 0.3 is 0 Å². The third-order valence-electron chi connectivity index (χ3n) is 4.36. The maximum absolute atomic E-state index is 12.6. The van der Waals surface area contributed by atoms with Crippen molar-refractivity contribution in [3.05, 3.63) is 64.7 Å². The molecule has 1 N–H and O–H groups in total. The van der Waals surface area contributed by atoms with Crippen molar-refractivity contribution in [2.24, 2.45) is 0 Å². The molecule has 0 heterocycles. The van der Waals surface area contributed by atoms with E-state index in [4.69, 9.17) is 16.3 Å². The fourth-order valence-electron chi connectivity index (χ4n) is 2.65. The Kier molecular flexibility index (Phi) is 7.67. The molecule has 0 spiro atoms. The van der Waals surface area contributed by atoms with E-state index >= 15 is 0 Å². The molecule has 0 bridgehead atoms. The largest absolute Gasteiger partial charge is 0.497 e. The Morgan fingerprint density at radius 3 is 2.22 bits per heavy atom. The van der Waals surface area contributed by atoms with Crippen molar-refractivity contribution in [3.8, 4) is 5.75 Å². The number of methoxy groups -OCH3 is 1. The van der Waals surface area contributed by atoms with Crippen molar-refractivity contribution in [2.45, 2.75) is 39.4 Å². The molecule has 1 atom stereocenters. The highest BCUT2D eigenvalue weighted by Crippen LogP contribution is 2.16. The van der Waals surface area contributed by atoms with Crippen LogP contribution in [-0.4, -0.2) is 29.9 Å². The average Bonchev–Trinajstić information content (AvgIpc) is 2.70. The number of hydrogen-bond acceptors (Lipinski definition) is 3. The highest BCUT2D eigenvalue weighted by molar-refractivity contribution is 6.30. The lowest BCUT2D eigenvalue weighted by Gasteiger charge is -2.28. The average molecular weight is 389 g/mol. The number of hydrogen-bond donors (Lipinski definition) is 1. The molecule has 0 radical (unpaired) electrons. The smallest absolute Gasteiger partial charge is 0.242 e. The molecule has 0 aliphatic heterocycles. The van der Waals surface area contributed by atoms with Gasteiger partial charge in [0.25, 0.3) is 0 Å². The molecule has 6 heteroatoms. The van der Waals surface area contributed by atoms with Crippen molar-refractivity contribution >= 4 is 23.4 Å². The van der Waals surface area contributed by atoms with E-state index in [9.17, 15) is 9.59 Å². The summed E-state index contributed by atoms with van der Waals surface area (Å²) in [5, 5.41) is 3.54. The minimum atomic E-state index is -0.577. The maximum Gasteiger partial charge on any atom is 0.242 e. The topological polar surface area (TPSA) is 58.6 Å². The van der Waals surface area contributed by atoms with E-state index in [0.717, 1.165) is 16.9 Å². The van der Waals surface area contributed by atoms with Gasteiger partial charge in [-0.2, -0.15) is 0 Å². The van der Waals surface area contributed by atoms with Gasteiger partial charge in [-0.3, -0.25) is 9.59 Å². The molecule has 2 amide bonds. The minimum Gasteiger partial charge on any atom is -0.497 e. The molecule has 0 aromatic heterocycles. The second-order valence-corrected chi connectivity index (χ2v) is 6.68. The van der Waals surface area contributed by atoms with Crippen molar-refractivity contribution < 1.29 is 14.3 Å². The number of halogens is 1. The highest BCUT2D eigenvalue weighted by Gasteiger charge is 2.24. The van der Waals surface area contributed by atoms with Crippen LogP contribution >= 0.6 is 11.6 Å². The van der Waals surface area contributed by atoms with Crippen molar-refractivity contribution in [1.82, 2.24) is 10.2 Å². The van der Waals surface area contributed by atoms with Crippen LogP contribution in [0.15, 0.2) is 48.5 Å². The number of nitrogens with zero attached hydrogens (tertiary/aromatic N) is 1. The molecule has 0 unspecified atom stereocenters. The first kappa shape index (κ1) is 20.8. The molecule has 0 saturated carbocycles.